The highest BCUT2D eigenvalue weighted by molar-refractivity contribution is 5.95. The maximum Gasteiger partial charge on any atom is 0.348 e. The van der Waals surface area contributed by atoms with Crippen molar-refractivity contribution in [3.8, 4) is 0 Å². The average Bonchev–Trinajstić information content (AvgIpc) is 2.27. The number of rotatable bonds is 4. The van der Waals surface area contributed by atoms with E-state index in [1.165, 1.54) is 6.92 Å². The van der Waals surface area contributed by atoms with Crippen LogP contribution in [0.25, 0.3) is 0 Å². The third-order valence-electron chi connectivity index (χ3n) is 2.00. The zero-order chi connectivity index (χ0) is 13.9. The quantitative estimate of drug-likeness (QED) is 0.502. The predicted octanol–water partition coefficient (Wildman–Crippen LogP) is 1.40. The number of ether oxygens (including phenoxy) is 1. The number of nitrogens with one attached hydrogen (secondary N) is 1. The van der Waals surface area contributed by atoms with Gasteiger partial charge in [0.25, 0.3) is 6.43 Å². The van der Waals surface area contributed by atoms with Crippen LogP contribution in [0.5, 0.6) is 0 Å². The zero-order valence-corrected chi connectivity index (χ0v) is 9.11. The molecule has 9 heteroatoms. The Balaban J connectivity index is 3.58. The Morgan fingerprint density at radius 3 is 2.67 bits per heavy atom. The van der Waals surface area contributed by atoms with E-state index in [9.17, 15) is 28.5 Å². The number of carbonyl (C=O) groups excluding carboxylic acids is 1. The number of H-pyrrole nitrogens is 1. The molecule has 7 nitrogen and oxygen atoms in total. The molecule has 1 N–H and O–H groups in total. The summed E-state index contributed by atoms with van der Waals surface area (Å²) in [4.78, 5) is 33.9. The largest absolute Gasteiger partial charge is 0.462 e. The monoisotopic (exact) mass is 262 g/mol. The lowest BCUT2D eigenvalue weighted by Gasteiger charge is -2.07. The second-order valence-electron chi connectivity index (χ2n) is 3.08. The lowest BCUT2D eigenvalue weighted by atomic mass is 10.1. The molecule has 0 atom stereocenters. The van der Waals surface area contributed by atoms with Crippen molar-refractivity contribution in [1.82, 2.24) is 4.98 Å². The molecule has 0 aliphatic rings. The Kier molecular flexibility index (Phi) is 4.08. The number of nitrogens with zero attached hydrogens (tertiary/aromatic N) is 1. The van der Waals surface area contributed by atoms with E-state index >= 15 is 0 Å². The Hall–Kier alpha value is -2.32. The fraction of sp³-hybridized carbons (Fsp3) is 0.333. The molecule has 0 unspecified atom stereocenters. The molecule has 98 valence electrons. The molecule has 0 aromatic carbocycles. The van der Waals surface area contributed by atoms with E-state index in [1.807, 2.05) is 0 Å². The standard InChI is InChI=1S/C9H8F2N2O5/c1-2-18-9(15)5-4(7(10)11)3-12-8(14)6(5)13(16)17/h3,7H,2H2,1H3,(H,12,14). The fourth-order valence-corrected chi connectivity index (χ4v) is 1.30. The molecule has 1 rings (SSSR count). The number of halogens is 2. The summed E-state index contributed by atoms with van der Waals surface area (Å²) in [6.07, 6.45) is -2.59. The molecule has 0 aliphatic heterocycles. The number of hydrogen-bond donors (Lipinski definition) is 1. The summed E-state index contributed by atoms with van der Waals surface area (Å²) in [5.74, 6) is -1.33. The van der Waals surface area contributed by atoms with E-state index in [2.05, 4.69) is 4.74 Å². The van der Waals surface area contributed by atoms with E-state index in [0.29, 0.717) is 6.20 Å². The first-order valence-corrected chi connectivity index (χ1v) is 4.75. The SMILES string of the molecule is CCOC(=O)c1c(C(F)F)c[nH]c(=O)c1[N+](=O)[O-]. The molecular formula is C9H8F2N2O5. The molecule has 1 aromatic heterocycles. The van der Waals surface area contributed by atoms with Crippen LogP contribution in [0.3, 0.4) is 0 Å². The van der Waals surface area contributed by atoms with Gasteiger partial charge in [-0.25, -0.2) is 13.6 Å². The van der Waals surface area contributed by atoms with Gasteiger partial charge in [0.05, 0.1) is 17.1 Å². The van der Waals surface area contributed by atoms with Gasteiger partial charge in [0.15, 0.2) is 5.56 Å². The summed E-state index contributed by atoms with van der Waals surface area (Å²) in [7, 11) is 0. The topological polar surface area (TPSA) is 102 Å². The Morgan fingerprint density at radius 1 is 1.61 bits per heavy atom. The molecule has 0 radical (unpaired) electrons. The number of nitro groups is 1. The van der Waals surface area contributed by atoms with Crippen molar-refractivity contribution in [3.05, 3.63) is 37.8 Å². The second kappa shape index (κ2) is 5.34. The van der Waals surface area contributed by atoms with Crippen molar-refractivity contribution in [1.29, 1.82) is 0 Å². The van der Waals surface area contributed by atoms with Gasteiger partial charge in [0.1, 0.15) is 0 Å². The number of aromatic nitrogens is 1. The van der Waals surface area contributed by atoms with Crippen LogP contribution < -0.4 is 5.56 Å². The molecule has 0 amide bonds. The maximum atomic E-state index is 12.7. The highest BCUT2D eigenvalue weighted by Crippen LogP contribution is 2.27. The van der Waals surface area contributed by atoms with E-state index in [-0.39, 0.29) is 6.61 Å². The van der Waals surface area contributed by atoms with Gasteiger partial charge < -0.3 is 9.72 Å². The average molecular weight is 262 g/mol. The van der Waals surface area contributed by atoms with Crippen LogP contribution in [0.1, 0.15) is 29.3 Å². The number of alkyl halides is 2. The van der Waals surface area contributed by atoms with Crippen molar-refractivity contribution in [2.45, 2.75) is 13.3 Å². The number of pyridine rings is 1. The van der Waals surface area contributed by atoms with E-state index in [0.717, 1.165) is 0 Å². The van der Waals surface area contributed by atoms with Crippen LogP contribution in [0.2, 0.25) is 0 Å². The predicted molar refractivity (Wildman–Crippen MR) is 54.6 cm³/mol. The molecule has 0 spiro atoms. The minimum Gasteiger partial charge on any atom is -0.462 e. The van der Waals surface area contributed by atoms with Gasteiger partial charge in [-0.15, -0.1) is 0 Å². The minimum absolute atomic E-state index is 0.161. The van der Waals surface area contributed by atoms with Crippen LogP contribution in [-0.4, -0.2) is 22.5 Å². The molecule has 1 aromatic rings. The van der Waals surface area contributed by atoms with Gasteiger partial charge in [-0.2, -0.15) is 0 Å². The van der Waals surface area contributed by atoms with Crippen LogP contribution >= 0.6 is 0 Å². The zero-order valence-electron chi connectivity index (χ0n) is 9.11. The summed E-state index contributed by atoms with van der Waals surface area (Å²) in [6.45, 7) is 1.24. The van der Waals surface area contributed by atoms with Crippen LogP contribution in [0, 0.1) is 10.1 Å². The summed E-state index contributed by atoms with van der Waals surface area (Å²) in [5, 5.41) is 10.7. The fourth-order valence-electron chi connectivity index (χ4n) is 1.30. The van der Waals surface area contributed by atoms with Gasteiger partial charge in [0, 0.05) is 6.20 Å². The van der Waals surface area contributed by atoms with Crippen molar-refractivity contribution in [3.63, 3.8) is 0 Å². The third-order valence-corrected chi connectivity index (χ3v) is 2.00. The van der Waals surface area contributed by atoms with Gasteiger partial charge >= 0.3 is 17.2 Å². The summed E-state index contributed by atoms with van der Waals surface area (Å²) in [6, 6.07) is 0. The minimum atomic E-state index is -3.15. The number of carbonyl (C=O) groups is 1. The Labute approximate surface area is 98.5 Å². The number of esters is 1. The van der Waals surface area contributed by atoms with Crippen LogP contribution in [-0.2, 0) is 4.74 Å². The first-order chi connectivity index (χ1) is 8.40. The molecule has 18 heavy (non-hydrogen) atoms. The summed E-state index contributed by atoms with van der Waals surface area (Å²) >= 11 is 0. The molecule has 0 fully saturated rings. The van der Waals surface area contributed by atoms with Crippen molar-refractivity contribution >= 4 is 11.7 Å². The lowest BCUT2D eigenvalue weighted by molar-refractivity contribution is -0.386. The third kappa shape index (κ3) is 2.50. The second-order valence-corrected chi connectivity index (χ2v) is 3.08. The number of aromatic amines is 1. The van der Waals surface area contributed by atoms with Crippen LogP contribution in [0.4, 0.5) is 14.5 Å². The molecule has 0 aliphatic carbocycles. The highest BCUT2D eigenvalue weighted by Gasteiger charge is 2.32. The van der Waals surface area contributed by atoms with Crippen molar-refractivity contribution in [2.75, 3.05) is 6.61 Å². The summed E-state index contributed by atoms with van der Waals surface area (Å²) < 4.78 is 29.7. The smallest absolute Gasteiger partial charge is 0.348 e. The maximum absolute atomic E-state index is 12.7. The molecule has 0 bridgehead atoms. The van der Waals surface area contributed by atoms with E-state index < -0.39 is 39.7 Å². The summed E-state index contributed by atoms with van der Waals surface area (Å²) in [5.41, 5.74) is -4.45. The Morgan fingerprint density at radius 2 is 2.22 bits per heavy atom. The molecule has 0 saturated carbocycles. The normalized spacial score (nSPS) is 10.4. The van der Waals surface area contributed by atoms with Gasteiger partial charge in [-0.3, -0.25) is 14.9 Å². The highest BCUT2D eigenvalue weighted by atomic mass is 19.3. The van der Waals surface area contributed by atoms with Gasteiger partial charge in [-0.05, 0) is 6.92 Å². The van der Waals surface area contributed by atoms with Gasteiger partial charge in [0.2, 0.25) is 0 Å². The molecule has 0 saturated heterocycles. The first kappa shape index (κ1) is 13.7. The number of hydrogen-bond acceptors (Lipinski definition) is 5. The van der Waals surface area contributed by atoms with Crippen molar-refractivity contribution < 1.29 is 23.2 Å². The van der Waals surface area contributed by atoms with Gasteiger partial charge in [-0.1, -0.05) is 0 Å². The van der Waals surface area contributed by atoms with E-state index in [1.54, 1.807) is 4.98 Å². The first-order valence-electron chi connectivity index (χ1n) is 4.75. The van der Waals surface area contributed by atoms with Crippen LogP contribution in [0.15, 0.2) is 11.0 Å². The lowest BCUT2D eigenvalue weighted by Crippen LogP contribution is -2.20. The Bertz CT molecular complexity index is 540. The van der Waals surface area contributed by atoms with Crippen molar-refractivity contribution in [2.24, 2.45) is 0 Å². The molecular weight excluding hydrogens is 254 g/mol. The molecule has 1 heterocycles. The van der Waals surface area contributed by atoms with E-state index in [4.69, 9.17) is 0 Å².